The third-order valence-electron chi connectivity index (χ3n) is 5.19. The van der Waals surface area contributed by atoms with Gasteiger partial charge in [0.2, 0.25) is 0 Å². The molecule has 4 nitrogen and oxygen atoms in total. The zero-order valence-corrected chi connectivity index (χ0v) is 13.9. The fraction of sp³-hybridized carbons (Fsp3) is 0.647. The summed E-state index contributed by atoms with van der Waals surface area (Å²) in [4.78, 5) is 0. The largest absolute Gasteiger partial charge is 0.279 e. The van der Waals surface area contributed by atoms with E-state index in [4.69, 9.17) is 0 Å². The number of hydrogen-bond donors (Lipinski definition) is 1. The van der Waals surface area contributed by atoms with E-state index in [0.29, 0.717) is 19.6 Å². The molecule has 0 radical (unpaired) electrons. The van der Waals surface area contributed by atoms with Crippen LogP contribution in [0.1, 0.15) is 50.5 Å². The number of hydrogen-bond acceptors (Lipinski definition) is 2. The summed E-state index contributed by atoms with van der Waals surface area (Å²) in [5.41, 5.74) is 1.26. The van der Waals surface area contributed by atoms with Crippen LogP contribution in [-0.4, -0.2) is 32.4 Å². The Balaban J connectivity index is 1.67. The van der Waals surface area contributed by atoms with Gasteiger partial charge in [0.15, 0.2) is 0 Å². The Hall–Kier alpha value is -0.910. The average molecular weight is 322 g/mol. The van der Waals surface area contributed by atoms with Crippen molar-refractivity contribution in [3.8, 4) is 0 Å². The molecule has 1 aromatic rings. The van der Waals surface area contributed by atoms with E-state index in [2.05, 4.69) is 16.9 Å². The molecule has 3 rings (SSSR count). The second-order valence-electron chi connectivity index (χ2n) is 6.64. The predicted octanol–water partition coefficient (Wildman–Crippen LogP) is 2.82. The first kappa shape index (κ1) is 16.0. The molecule has 0 atom stereocenters. The van der Waals surface area contributed by atoms with E-state index >= 15 is 0 Å². The Morgan fingerprint density at radius 3 is 2.14 bits per heavy atom. The molecule has 2 fully saturated rings. The third kappa shape index (κ3) is 3.36. The molecule has 1 heterocycles. The third-order valence-corrected chi connectivity index (χ3v) is 6.75. The van der Waals surface area contributed by atoms with Crippen LogP contribution in [0.5, 0.6) is 0 Å². The molecule has 122 valence electrons. The Bertz CT molecular complexity index is 574. The van der Waals surface area contributed by atoms with Crippen LogP contribution in [0.15, 0.2) is 30.3 Å². The van der Waals surface area contributed by atoms with Crippen LogP contribution in [0, 0.1) is 0 Å². The Kier molecular flexibility index (Phi) is 4.85. The van der Waals surface area contributed by atoms with E-state index in [1.54, 1.807) is 4.31 Å². The number of benzene rings is 1. The van der Waals surface area contributed by atoms with Crippen molar-refractivity contribution >= 4 is 10.2 Å². The van der Waals surface area contributed by atoms with E-state index in [0.717, 1.165) is 38.5 Å². The summed E-state index contributed by atoms with van der Waals surface area (Å²) < 4.78 is 29.7. The van der Waals surface area contributed by atoms with Crippen molar-refractivity contribution in [3.63, 3.8) is 0 Å². The molecule has 1 saturated heterocycles. The van der Waals surface area contributed by atoms with Crippen LogP contribution in [0.4, 0.5) is 0 Å². The normalized spacial score (nSPS) is 22.7. The number of nitrogens with one attached hydrogen (secondary N) is 1. The monoisotopic (exact) mass is 322 g/mol. The summed E-state index contributed by atoms with van der Waals surface area (Å²) in [5.74, 6) is 0. The second-order valence-corrected chi connectivity index (χ2v) is 8.39. The van der Waals surface area contributed by atoms with E-state index < -0.39 is 10.2 Å². The van der Waals surface area contributed by atoms with Gasteiger partial charge in [-0.25, -0.2) is 4.72 Å². The molecule has 0 unspecified atom stereocenters. The first-order valence-electron chi connectivity index (χ1n) is 8.43. The highest BCUT2D eigenvalue weighted by molar-refractivity contribution is 7.87. The zero-order valence-electron chi connectivity index (χ0n) is 13.1. The molecule has 0 aromatic heterocycles. The van der Waals surface area contributed by atoms with Crippen molar-refractivity contribution in [2.24, 2.45) is 0 Å². The fourth-order valence-electron chi connectivity index (χ4n) is 3.57. The molecule has 1 aliphatic heterocycles. The maximum absolute atomic E-state index is 12.6. The summed E-state index contributed by atoms with van der Waals surface area (Å²) in [6.45, 7) is 1.84. The summed E-state index contributed by atoms with van der Waals surface area (Å²) in [7, 11) is -3.34. The molecule has 22 heavy (non-hydrogen) atoms. The quantitative estimate of drug-likeness (QED) is 0.906. The fourth-order valence-corrected chi connectivity index (χ4v) is 4.95. The zero-order chi connectivity index (χ0) is 15.5. The lowest BCUT2D eigenvalue weighted by Gasteiger charge is -2.43. The maximum Gasteiger partial charge on any atom is 0.279 e. The minimum atomic E-state index is -3.34. The van der Waals surface area contributed by atoms with Crippen molar-refractivity contribution in [1.29, 1.82) is 0 Å². The molecular weight excluding hydrogens is 296 g/mol. The van der Waals surface area contributed by atoms with E-state index in [1.807, 2.05) is 18.2 Å². The molecule has 0 spiro atoms. The van der Waals surface area contributed by atoms with Gasteiger partial charge < -0.3 is 0 Å². The SMILES string of the molecule is O=S(=O)(NCC1(c2ccccc2)CCC1)N1CCCCCC1. The standard InChI is InChI=1S/C17H26N2O2S/c20-22(21,19-13-6-1-2-7-14-19)18-15-17(11-8-12-17)16-9-4-3-5-10-16/h3-5,9-10,18H,1-2,6-8,11-15H2. The first-order valence-corrected chi connectivity index (χ1v) is 9.87. The summed E-state index contributed by atoms with van der Waals surface area (Å²) in [6.07, 6.45) is 7.55. The predicted molar refractivity (Wildman–Crippen MR) is 88.9 cm³/mol. The summed E-state index contributed by atoms with van der Waals surface area (Å²) >= 11 is 0. The van der Waals surface area contributed by atoms with Gasteiger partial charge in [-0.1, -0.05) is 49.6 Å². The molecule has 1 N–H and O–H groups in total. The highest BCUT2D eigenvalue weighted by Crippen LogP contribution is 2.43. The van der Waals surface area contributed by atoms with Crippen molar-refractivity contribution in [2.45, 2.75) is 50.4 Å². The Morgan fingerprint density at radius 2 is 1.59 bits per heavy atom. The van der Waals surface area contributed by atoms with E-state index in [1.165, 1.54) is 12.0 Å². The first-order chi connectivity index (χ1) is 10.6. The Morgan fingerprint density at radius 1 is 0.955 bits per heavy atom. The maximum atomic E-state index is 12.6. The average Bonchev–Trinajstić information content (AvgIpc) is 2.77. The Labute approximate surface area is 134 Å². The van der Waals surface area contributed by atoms with Gasteiger partial charge in [-0.15, -0.1) is 0 Å². The van der Waals surface area contributed by atoms with Gasteiger partial charge in [0.25, 0.3) is 10.2 Å². The van der Waals surface area contributed by atoms with E-state index in [-0.39, 0.29) is 5.41 Å². The van der Waals surface area contributed by atoms with Crippen LogP contribution in [-0.2, 0) is 15.6 Å². The highest BCUT2D eigenvalue weighted by atomic mass is 32.2. The topological polar surface area (TPSA) is 49.4 Å². The molecule has 0 bridgehead atoms. The molecule has 1 saturated carbocycles. The van der Waals surface area contributed by atoms with Crippen LogP contribution >= 0.6 is 0 Å². The number of nitrogens with zero attached hydrogens (tertiary/aromatic N) is 1. The van der Waals surface area contributed by atoms with Crippen LogP contribution in [0.3, 0.4) is 0 Å². The second kappa shape index (κ2) is 6.69. The molecular formula is C17H26N2O2S. The molecule has 1 aromatic carbocycles. The van der Waals surface area contributed by atoms with Crippen LogP contribution < -0.4 is 4.72 Å². The van der Waals surface area contributed by atoms with Crippen molar-refractivity contribution in [1.82, 2.24) is 9.03 Å². The lowest BCUT2D eigenvalue weighted by molar-refractivity contribution is 0.243. The van der Waals surface area contributed by atoms with Crippen LogP contribution in [0.25, 0.3) is 0 Å². The minimum Gasteiger partial charge on any atom is -0.201 e. The highest BCUT2D eigenvalue weighted by Gasteiger charge is 2.39. The van der Waals surface area contributed by atoms with Crippen molar-refractivity contribution in [2.75, 3.05) is 19.6 Å². The minimum absolute atomic E-state index is 0.000178. The van der Waals surface area contributed by atoms with Crippen molar-refractivity contribution in [3.05, 3.63) is 35.9 Å². The van der Waals surface area contributed by atoms with Gasteiger partial charge in [0.1, 0.15) is 0 Å². The summed E-state index contributed by atoms with van der Waals surface area (Å²) in [6, 6.07) is 10.3. The van der Waals surface area contributed by atoms with Crippen LogP contribution in [0.2, 0.25) is 0 Å². The van der Waals surface area contributed by atoms with Gasteiger partial charge in [-0.05, 0) is 31.2 Å². The smallest absolute Gasteiger partial charge is 0.201 e. The van der Waals surface area contributed by atoms with E-state index in [9.17, 15) is 8.42 Å². The summed E-state index contributed by atoms with van der Waals surface area (Å²) in [5, 5.41) is 0. The lowest BCUT2D eigenvalue weighted by atomic mass is 9.64. The molecule has 5 heteroatoms. The van der Waals surface area contributed by atoms with Gasteiger partial charge in [0.05, 0.1) is 0 Å². The molecule has 0 amide bonds. The lowest BCUT2D eigenvalue weighted by Crippen LogP contribution is -2.49. The molecule has 1 aliphatic carbocycles. The molecule has 2 aliphatic rings. The van der Waals surface area contributed by atoms with Gasteiger partial charge in [-0.2, -0.15) is 12.7 Å². The van der Waals surface area contributed by atoms with Crippen molar-refractivity contribution < 1.29 is 8.42 Å². The number of rotatable bonds is 5. The van der Waals surface area contributed by atoms with Gasteiger partial charge in [0, 0.05) is 25.0 Å². The van der Waals surface area contributed by atoms with Gasteiger partial charge in [-0.3, -0.25) is 0 Å². The van der Waals surface area contributed by atoms with Gasteiger partial charge >= 0.3 is 0 Å².